The van der Waals surface area contributed by atoms with Gasteiger partial charge in [-0.05, 0) is 18.6 Å². The summed E-state index contributed by atoms with van der Waals surface area (Å²) in [6.45, 7) is 1.93. The quantitative estimate of drug-likeness (QED) is 0.630. The van der Waals surface area contributed by atoms with Crippen LogP contribution in [0.25, 0.3) is 0 Å². The Labute approximate surface area is 65.2 Å². The maximum Gasteiger partial charge on any atom is 0.132 e. The second kappa shape index (κ2) is 2.88. The summed E-state index contributed by atoms with van der Waals surface area (Å²) >= 11 is 5.70. The van der Waals surface area contributed by atoms with Crippen molar-refractivity contribution in [3.63, 3.8) is 0 Å². The molecule has 54 valence electrons. The van der Waals surface area contributed by atoms with Gasteiger partial charge in [0.15, 0.2) is 0 Å². The third-order valence-electron chi connectivity index (χ3n) is 1.30. The van der Waals surface area contributed by atoms with E-state index in [2.05, 4.69) is 10.3 Å². The van der Waals surface area contributed by atoms with Gasteiger partial charge >= 0.3 is 0 Å². The minimum atomic E-state index is 0.569. The van der Waals surface area contributed by atoms with Crippen molar-refractivity contribution in [1.29, 1.82) is 0 Å². The lowest BCUT2D eigenvalue weighted by atomic mass is 10.3. The van der Waals surface area contributed by atoms with E-state index in [1.807, 2.05) is 20.0 Å². The molecule has 0 atom stereocenters. The van der Waals surface area contributed by atoms with E-state index in [1.165, 1.54) is 0 Å². The van der Waals surface area contributed by atoms with E-state index >= 15 is 0 Å². The van der Waals surface area contributed by atoms with E-state index in [0.717, 1.165) is 11.3 Å². The Morgan fingerprint density at radius 1 is 1.60 bits per heavy atom. The van der Waals surface area contributed by atoms with E-state index < -0.39 is 0 Å². The number of aryl methyl sites for hydroxylation is 1. The van der Waals surface area contributed by atoms with Gasteiger partial charge in [-0.25, -0.2) is 4.98 Å². The molecule has 0 bridgehead atoms. The topological polar surface area (TPSA) is 24.9 Å². The van der Waals surface area contributed by atoms with Crippen LogP contribution in [0, 0.1) is 6.92 Å². The maximum atomic E-state index is 5.70. The second-order valence-electron chi connectivity index (χ2n) is 2.08. The number of nitrogens with zero attached hydrogens (tertiary/aromatic N) is 1. The summed E-state index contributed by atoms with van der Waals surface area (Å²) in [6, 6.07) is 1.95. The summed E-state index contributed by atoms with van der Waals surface area (Å²) in [7, 11) is 1.85. The van der Waals surface area contributed by atoms with Crippen LogP contribution in [0.15, 0.2) is 12.3 Å². The predicted molar refractivity (Wildman–Crippen MR) is 43.5 cm³/mol. The summed E-state index contributed by atoms with van der Waals surface area (Å²) in [5, 5.41) is 3.54. The van der Waals surface area contributed by atoms with E-state index in [9.17, 15) is 0 Å². The van der Waals surface area contributed by atoms with Crippen molar-refractivity contribution in [2.45, 2.75) is 6.92 Å². The molecule has 0 unspecified atom stereocenters. The summed E-state index contributed by atoms with van der Waals surface area (Å²) in [5.74, 6) is 0. The standard InChI is InChI=1S/C7H9ClN2/c1-5-3-6(9-2)4-10-7(5)8/h3-4,9H,1-2H3. The van der Waals surface area contributed by atoms with E-state index in [0.29, 0.717) is 5.15 Å². The SMILES string of the molecule is CNc1cnc(Cl)c(C)c1. The minimum absolute atomic E-state index is 0.569. The Hall–Kier alpha value is -0.760. The Morgan fingerprint density at radius 2 is 2.30 bits per heavy atom. The monoisotopic (exact) mass is 156 g/mol. The molecule has 1 aromatic heterocycles. The number of pyridine rings is 1. The van der Waals surface area contributed by atoms with Gasteiger partial charge in [0.25, 0.3) is 0 Å². The molecule has 0 amide bonds. The molecule has 10 heavy (non-hydrogen) atoms. The first-order valence-electron chi connectivity index (χ1n) is 3.04. The van der Waals surface area contributed by atoms with Crippen LogP contribution in [0.5, 0.6) is 0 Å². The summed E-state index contributed by atoms with van der Waals surface area (Å²) in [4.78, 5) is 3.95. The van der Waals surface area contributed by atoms with Crippen molar-refractivity contribution in [1.82, 2.24) is 4.98 Å². The molecule has 1 rings (SSSR count). The molecular weight excluding hydrogens is 148 g/mol. The van der Waals surface area contributed by atoms with Crippen molar-refractivity contribution in [3.8, 4) is 0 Å². The van der Waals surface area contributed by atoms with Crippen molar-refractivity contribution >= 4 is 17.3 Å². The highest BCUT2D eigenvalue weighted by Gasteiger charge is 1.95. The molecule has 0 fully saturated rings. The van der Waals surface area contributed by atoms with Gasteiger partial charge in [0.2, 0.25) is 0 Å². The average molecular weight is 157 g/mol. The zero-order valence-electron chi connectivity index (χ0n) is 5.98. The zero-order chi connectivity index (χ0) is 7.56. The minimum Gasteiger partial charge on any atom is -0.387 e. The first-order valence-corrected chi connectivity index (χ1v) is 3.41. The molecule has 0 spiro atoms. The van der Waals surface area contributed by atoms with Crippen LogP contribution in [0.1, 0.15) is 5.56 Å². The highest BCUT2D eigenvalue weighted by Crippen LogP contribution is 2.14. The highest BCUT2D eigenvalue weighted by atomic mass is 35.5. The largest absolute Gasteiger partial charge is 0.387 e. The fraction of sp³-hybridized carbons (Fsp3) is 0.286. The lowest BCUT2D eigenvalue weighted by molar-refractivity contribution is 1.26. The molecular formula is C7H9ClN2. The molecule has 2 nitrogen and oxygen atoms in total. The number of hydrogen-bond acceptors (Lipinski definition) is 2. The van der Waals surface area contributed by atoms with Crippen LogP contribution in [-0.2, 0) is 0 Å². The fourth-order valence-corrected chi connectivity index (χ4v) is 0.798. The molecule has 0 aliphatic rings. The van der Waals surface area contributed by atoms with Gasteiger partial charge in [0.1, 0.15) is 5.15 Å². The number of halogens is 1. The lowest BCUT2D eigenvalue weighted by Crippen LogP contribution is -1.90. The molecule has 0 aliphatic heterocycles. The van der Waals surface area contributed by atoms with E-state index in [1.54, 1.807) is 6.20 Å². The smallest absolute Gasteiger partial charge is 0.132 e. The molecule has 0 aliphatic carbocycles. The average Bonchev–Trinajstić information content (AvgIpc) is 1.95. The number of hydrogen-bond donors (Lipinski definition) is 1. The van der Waals surface area contributed by atoms with Crippen molar-refractivity contribution < 1.29 is 0 Å². The Kier molecular flexibility index (Phi) is 2.12. The summed E-state index contributed by atoms with van der Waals surface area (Å²) in [5.41, 5.74) is 1.98. The normalized spacial score (nSPS) is 9.50. The number of aromatic nitrogens is 1. The third-order valence-corrected chi connectivity index (χ3v) is 1.70. The molecule has 3 heteroatoms. The predicted octanol–water partition coefficient (Wildman–Crippen LogP) is 2.09. The highest BCUT2D eigenvalue weighted by molar-refractivity contribution is 6.30. The first-order chi connectivity index (χ1) is 4.74. The van der Waals surface area contributed by atoms with Gasteiger partial charge in [-0.1, -0.05) is 11.6 Å². The van der Waals surface area contributed by atoms with Crippen LogP contribution < -0.4 is 5.32 Å². The van der Waals surface area contributed by atoms with Crippen molar-refractivity contribution in [2.24, 2.45) is 0 Å². The van der Waals surface area contributed by atoms with Crippen molar-refractivity contribution in [2.75, 3.05) is 12.4 Å². The number of nitrogens with one attached hydrogen (secondary N) is 1. The van der Waals surface area contributed by atoms with Gasteiger partial charge in [0, 0.05) is 7.05 Å². The second-order valence-corrected chi connectivity index (χ2v) is 2.44. The summed E-state index contributed by atoms with van der Waals surface area (Å²) in [6.07, 6.45) is 1.70. The van der Waals surface area contributed by atoms with Crippen LogP contribution in [0.2, 0.25) is 5.15 Å². The van der Waals surface area contributed by atoms with Crippen molar-refractivity contribution in [3.05, 3.63) is 23.0 Å². The molecule has 0 aromatic carbocycles. The molecule has 1 N–H and O–H groups in total. The molecule has 0 saturated carbocycles. The Morgan fingerprint density at radius 3 is 2.80 bits per heavy atom. The zero-order valence-corrected chi connectivity index (χ0v) is 6.74. The van der Waals surface area contributed by atoms with E-state index in [4.69, 9.17) is 11.6 Å². The van der Waals surface area contributed by atoms with Crippen LogP contribution in [-0.4, -0.2) is 12.0 Å². The summed E-state index contributed by atoms with van der Waals surface area (Å²) < 4.78 is 0. The Bertz CT molecular complexity index is 235. The van der Waals surface area contributed by atoms with Crippen LogP contribution in [0.3, 0.4) is 0 Å². The van der Waals surface area contributed by atoms with Gasteiger partial charge < -0.3 is 5.32 Å². The first kappa shape index (κ1) is 7.35. The Balaban J connectivity index is 3.04. The van der Waals surface area contributed by atoms with Gasteiger partial charge in [-0.15, -0.1) is 0 Å². The number of anilines is 1. The van der Waals surface area contributed by atoms with Crippen LogP contribution >= 0.6 is 11.6 Å². The molecule has 0 saturated heterocycles. The lowest BCUT2D eigenvalue weighted by Gasteiger charge is -2.00. The maximum absolute atomic E-state index is 5.70. The van der Waals surface area contributed by atoms with E-state index in [-0.39, 0.29) is 0 Å². The van der Waals surface area contributed by atoms with Gasteiger partial charge in [-0.3, -0.25) is 0 Å². The third kappa shape index (κ3) is 1.39. The van der Waals surface area contributed by atoms with Crippen LogP contribution in [0.4, 0.5) is 5.69 Å². The fourth-order valence-electron chi connectivity index (χ4n) is 0.695. The van der Waals surface area contributed by atoms with Gasteiger partial charge in [-0.2, -0.15) is 0 Å². The molecule has 0 radical (unpaired) electrons. The van der Waals surface area contributed by atoms with Gasteiger partial charge in [0.05, 0.1) is 11.9 Å². The molecule has 1 aromatic rings. The number of rotatable bonds is 1. The molecule has 1 heterocycles.